The number of hydrogen-bond acceptors (Lipinski definition) is 3. The van der Waals surface area contributed by atoms with Crippen LogP contribution in [-0.2, 0) is 4.74 Å². The van der Waals surface area contributed by atoms with Crippen LogP contribution in [0.15, 0.2) is 30.3 Å². The highest BCUT2D eigenvalue weighted by atomic mass is 16.5. The van der Waals surface area contributed by atoms with Gasteiger partial charge >= 0.3 is 0 Å². The van der Waals surface area contributed by atoms with Crippen LogP contribution in [0.4, 0.5) is 0 Å². The van der Waals surface area contributed by atoms with E-state index in [2.05, 4.69) is 29.2 Å². The van der Waals surface area contributed by atoms with Crippen molar-refractivity contribution in [1.29, 1.82) is 0 Å². The zero-order chi connectivity index (χ0) is 13.5. The molecule has 3 heteroatoms. The van der Waals surface area contributed by atoms with Gasteiger partial charge in [-0.25, -0.2) is 0 Å². The first-order valence-corrected chi connectivity index (χ1v) is 7.35. The van der Waals surface area contributed by atoms with Crippen LogP contribution in [0, 0.1) is 0 Å². The first kappa shape index (κ1) is 14.5. The molecule has 0 spiro atoms. The number of rotatable bonds is 9. The van der Waals surface area contributed by atoms with Crippen molar-refractivity contribution in [1.82, 2.24) is 4.90 Å². The van der Waals surface area contributed by atoms with Gasteiger partial charge in [-0.05, 0) is 37.8 Å². The molecule has 1 saturated carbocycles. The molecular weight excluding hydrogens is 236 g/mol. The molecule has 1 aromatic rings. The third-order valence-electron chi connectivity index (χ3n) is 3.83. The summed E-state index contributed by atoms with van der Waals surface area (Å²) in [6, 6.07) is 11.4. The molecule has 0 saturated heterocycles. The predicted molar refractivity (Wildman–Crippen MR) is 79.1 cm³/mol. The third-order valence-corrected chi connectivity index (χ3v) is 3.83. The molecule has 2 N–H and O–H groups in total. The van der Waals surface area contributed by atoms with Crippen molar-refractivity contribution in [2.75, 3.05) is 26.8 Å². The quantitative estimate of drug-likeness (QED) is 0.743. The van der Waals surface area contributed by atoms with Gasteiger partial charge in [0.1, 0.15) is 0 Å². The second-order valence-electron chi connectivity index (χ2n) is 5.42. The van der Waals surface area contributed by atoms with Gasteiger partial charge in [0.05, 0.1) is 6.61 Å². The van der Waals surface area contributed by atoms with Crippen LogP contribution >= 0.6 is 0 Å². The molecule has 19 heavy (non-hydrogen) atoms. The molecule has 1 fully saturated rings. The standard InChI is InChI=1S/C16H26N2O/c1-19-13-12-18(15-9-10-15)11-5-8-16(17)14-6-3-2-4-7-14/h2-4,6-7,15-16H,5,8-13,17H2,1H3. The smallest absolute Gasteiger partial charge is 0.0589 e. The van der Waals surface area contributed by atoms with E-state index < -0.39 is 0 Å². The summed E-state index contributed by atoms with van der Waals surface area (Å²) in [7, 11) is 1.77. The van der Waals surface area contributed by atoms with Crippen LogP contribution in [-0.4, -0.2) is 37.7 Å². The van der Waals surface area contributed by atoms with Crippen molar-refractivity contribution in [3.05, 3.63) is 35.9 Å². The number of nitrogens with two attached hydrogens (primary N) is 1. The van der Waals surface area contributed by atoms with Crippen LogP contribution < -0.4 is 5.73 Å². The first-order valence-electron chi connectivity index (χ1n) is 7.35. The predicted octanol–water partition coefficient (Wildman–Crippen LogP) is 2.58. The first-order chi connectivity index (χ1) is 9.31. The number of benzene rings is 1. The molecule has 0 aromatic heterocycles. The Balaban J connectivity index is 1.69. The Hall–Kier alpha value is -0.900. The lowest BCUT2D eigenvalue weighted by molar-refractivity contribution is 0.142. The molecule has 2 rings (SSSR count). The van der Waals surface area contributed by atoms with E-state index in [-0.39, 0.29) is 6.04 Å². The topological polar surface area (TPSA) is 38.5 Å². The molecule has 106 valence electrons. The zero-order valence-corrected chi connectivity index (χ0v) is 11.9. The normalized spacial score (nSPS) is 16.8. The van der Waals surface area contributed by atoms with Crippen LogP contribution in [0.3, 0.4) is 0 Å². The van der Waals surface area contributed by atoms with E-state index >= 15 is 0 Å². The minimum Gasteiger partial charge on any atom is -0.383 e. The average Bonchev–Trinajstić information content (AvgIpc) is 3.28. The minimum absolute atomic E-state index is 0.171. The average molecular weight is 262 g/mol. The van der Waals surface area contributed by atoms with Gasteiger partial charge in [0.25, 0.3) is 0 Å². The van der Waals surface area contributed by atoms with Gasteiger partial charge in [-0.1, -0.05) is 30.3 Å². The van der Waals surface area contributed by atoms with Crippen molar-refractivity contribution in [3.63, 3.8) is 0 Å². The lowest BCUT2D eigenvalue weighted by atomic mass is 10.0. The summed E-state index contributed by atoms with van der Waals surface area (Å²) in [5.74, 6) is 0. The fraction of sp³-hybridized carbons (Fsp3) is 0.625. The monoisotopic (exact) mass is 262 g/mol. The third kappa shape index (κ3) is 4.94. The Labute approximate surface area is 116 Å². The fourth-order valence-corrected chi connectivity index (χ4v) is 2.51. The van der Waals surface area contributed by atoms with Crippen molar-refractivity contribution >= 4 is 0 Å². The summed E-state index contributed by atoms with van der Waals surface area (Å²) < 4.78 is 5.18. The van der Waals surface area contributed by atoms with E-state index in [4.69, 9.17) is 10.5 Å². The lowest BCUT2D eigenvalue weighted by Gasteiger charge is -2.22. The van der Waals surface area contributed by atoms with Crippen molar-refractivity contribution in [2.45, 2.75) is 37.8 Å². The van der Waals surface area contributed by atoms with E-state index in [1.165, 1.54) is 18.4 Å². The molecule has 1 aromatic carbocycles. The van der Waals surface area contributed by atoms with Crippen molar-refractivity contribution in [3.8, 4) is 0 Å². The SMILES string of the molecule is COCCN(CCCC(N)c1ccccc1)C1CC1. The maximum Gasteiger partial charge on any atom is 0.0589 e. The Kier molecular flexibility index (Phi) is 5.83. The molecule has 0 amide bonds. The Morgan fingerprint density at radius 2 is 2.00 bits per heavy atom. The largest absolute Gasteiger partial charge is 0.383 e. The molecule has 0 heterocycles. The second kappa shape index (κ2) is 7.63. The summed E-state index contributed by atoms with van der Waals surface area (Å²) in [4.78, 5) is 2.56. The highest BCUT2D eigenvalue weighted by Crippen LogP contribution is 2.27. The van der Waals surface area contributed by atoms with Crippen LogP contribution in [0.2, 0.25) is 0 Å². The highest BCUT2D eigenvalue weighted by Gasteiger charge is 2.28. The molecule has 0 bridgehead atoms. The van der Waals surface area contributed by atoms with E-state index in [0.717, 1.165) is 38.6 Å². The summed E-state index contributed by atoms with van der Waals surface area (Å²) in [6.07, 6.45) is 4.93. The van der Waals surface area contributed by atoms with Crippen LogP contribution in [0.1, 0.15) is 37.3 Å². The summed E-state index contributed by atoms with van der Waals surface area (Å²) in [5, 5.41) is 0. The molecule has 0 radical (unpaired) electrons. The second-order valence-corrected chi connectivity index (χ2v) is 5.42. The fourth-order valence-electron chi connectivity index (χ4n) is 2.51. The maximum atomic E-state index is 6.23. The van der Waals surface area contributed by atoms with Gasteiger partial charge in [-0.15, -0.1) is 0 Å². The maximum absolute atomic E-state index is 6.23. The summed E-state index contributed by atoms with van der Waals surface area (Å²) in [6.45, 7) is 3.04. The molecule has 1 aliphatic carbocycles. The Morgan fingerprint density at radius 3 is 2.63 bits per heavy atom. The van der Waals surface area contributed by atoms with Gasteiger partial charge in [0.15, 0.2) is 0 Å². The number of hydrogen-bond donors (Lipinski definition) is 1. The number of ether oxygens (including phenoxy) is 1. The van der Waals surface area contributed by atoms with Crippen LogP contribution in [0.25, 0.3) is 0 Å². The van der Waals surface area contributed by atoms with E-state index in [1.54, 1.807) is 7.11 Å². The summed E-state index contributed by atoms with van der Waals surface area (Å²) >= 11 is 0. The van der Waals surface area contributed by atoms with E-state index in [0.29, 0.717) is 0 Å². The van der Waals surface area contributed by atoms with Gasteiger partial charge in [-0.2, -0.15) is 0 Å². The van der Waals surface area contributed by atoms with Crippen LogP contribution in [0.5, 0.6) is 0 Å². The van der Waals surface area contributed by atoms with Gasteiger partial charge < -0.3 is 10.5 Å². The summed E-state index contributed by atoms with van der Waals surface area (Å²) in [5.41, 5.74) is 7.48. The Bertz CT molecular complexity index is 351. The molecule has 1 aliphatic rings. The highest BCUT2D eigenvalue weighted by molar-refractivity contribution is 5.18. The lowest BCUT2D eigenvalue weighted by Crippen LogP contribution is -2.31. The minimum atomic E-state index is 0.171. The molecule has 3 nitrogen and oxygen atoms in total. The molecule has 1 unspecified atom stereocenters. The van der Waals surface area contributed by atoms with Gasteiger partial charge in [-0.3, -0.25) is 4.90 Å². The Morgan fingerprint density at radius 1 is 1.26 bits per heavy atom. The van der Waals surface area contributed by atoms with Gasteiger partial charge in [0.2, 0.25) is 0 Å². The number of nitrogens with zero attached hydrogens (tertiary/aromatic N) is 1. The molecule has 1 atom stereocenters. The zero-order valence-electron chi connectivity index (χ0n) is 11.9. The van der Waals surface area contributed by atoms with Gasteiger partial charge in [0, 0.05) is 25.7 Å². The molecule has 0 aliphatic heterocycles. The molecular formula is C16H26N2O. The van der Waals surface area contributed by atoms with E-state index in [9.17, 15) is 0 Å². The van der Waals surface area contributed by atoms with E-state index in [1.807, 2.05) is 6.07 Å². The van der Waals surface area contributed by atoms with Crippen molar-refractivity contribution in [2.24, 2.45) is 5.73 Å². The van der Waals surface area contributed by atoms with Crippen molar-refractivity contribution < 1.29 is 4.74 Å². The number of methoxy groups -OCH3 is 1.